The molecule has 5 atom stereocenters. The molecule has 0 saturated carbocycles. The number of ether oxygens (including phenoxy) is 2. The number of aliphatic hydroxyl groups excluding tert-OH is 4. The molecule has 4 N–H and O–H groups in total. The monoisotopic (exact) mass is 316 g/mol. The average Bonchev–Trinajstić information content (AvgIpc) is 2.52. The van der Waals surface area contributed by atoms with Crippen LogP contribution in [0, 0.1) is 0 Å². The smallest absolute Gasteiger partial charge is 0.186 e. The molecule has 1 aliphatic heterocycles. The lowest BCUT2D eigenvalue weighted by atomic mass is 9.99. The Labute approximate surface area is 127 Å². The van der Waals surface area contributed by atoms with E-state index in [0.29, 0.717) is 12.4 Å². The standard InChI is InChI=1S/C14H20O6S/c15-8-10-11(16)12(17)13(18)14(20-10)19-6-7-21-9-4-2-1-3-5-9/h1-5,10-18H,6-8H2/t10-,11-,12+,13-,14-/m1/s1. The molecule has 1 aromatic carbocycles. The van der Waals surface area contributed by atoms with Crippen molar-refractivity contribution in [1.29, 1.82) is 0 Å². The minimum atomic E-state index is -1.40. The van der Waals surface area contributed by atoms with Crippen LogP contribution in [-0.2, 0) is 9.47 Å². The van der Waals surface area contributed by atoms with E-state index in [-0.39, 0.29) is 0 Å². The molecule has 6 nitrogen and oxygen atoms in total. The van der Waals surface area contributed by atoms with Crippen LogP contribution in [0.3, 0.4) is 0 Å². The summed E-state index contributed by atoms with van der Waals surface area (Å²) in [4.78, 5) is 1.11. The predicted octanol–water partition coefficient (Wildman–Crippen LogP) is -0.405. The largest absolute Gasteiger partial charge is 0.394 e. The molecule has 0 radical (unpaired) electrons. The Kier molecular flexibility index (Phi) is 6.43. The molecule has 118 valence electrons. The third-order valence-electron chi connectivity index (χ3n) is 3.23. The maximum atomic E-state index is 9.79. The van der Waals surface area contributed by atoms with Crippen molar-refractivity contribution < 1.29 is 29.9 Å². The van der Waals surface area contributed by atoms with E-state index in [9.17, 15) is 15.3 Å². The molecular weight excluding hydrogens is 296 g/mol. The van der Waals surface area contributed by atoms with Crippen molar-refractivity contribution in [3.05, 3.63) is 30.3 Å². The molecule has 1 saturated heterocycles. The molecule has 21 heavy (non-hydrogen) atoms. The van der Waals surface area contributed by atoms with E-state index in [2.05, 4.69) is 0 Å². The van der Waals surface area contributed by atoms with Gasteiger partial charge in [-0.2, -0.15) is 0 Å². The SMILES string of the molecule is OC[C@H]1O[C@@H](OCCSc2ccccc2)[C@H](O)[C@@H](O)[C@@H]1O. The minimum Gasteiger partial charge on any atom is -0.394 e. The van der Waals surface area contributed by atoms with Gasteiger partial charge in [0.1, 0.15) is 24.4 Å². The van der Waals surface area contributed by atoms with Gasteiger partial charge in [0.25, 0.3) is 0 Å². The van der Waals surface area contributed by atoms with Crippen molar-refractivity contribution in [2.45, 2.75) is 35.6 Å². The van der Waals surface area contributed by atoms with Gasteiger partial charge in [-0.3, -0.25) is 0 Å². The molecule has 1 aromatic rings. The first kappa shape index (κ1) is 16.7. The van der Waals surface area contributed by atoms with E-state index in [1.807, 2.05) is 30.3 Å². The number of hydrogen-bond acceptors (Lipinski definition) is 7. The van der Waals surface area contributed by atoms with Crippen LogP contribution in [-0.4, -0.2) is 70.1 Å². The van der Waals surface area contributed by atoms with Crippen LogP contribution < -0.4 is 0 Å². The molecule has 7 heteroatoms. The molecular formula is C14H20O6S. The van der Waals surface area contributed by atoms with Crippen molar-refractivity contribution in [2.75, 3.05) is 19.0 Å². The second-order valence-electron chi connectivity index (χ2n) is 4.73. The lowest BCUT2D eigenvalue weighted by Gasteiger charge is -2.39. The molecule has 1 aliphatic rings. The van der Waals surface area contributed by atoms with Gasteiger partial charge in [-0.1, -0.05) is 18.2 Å². The van der Waals surface area contributed by atoms with Crippen LogP contribution in [0.4, 0.5) is 0 Å². The summed E-state index contributed by atoms with van der Waals surface area (Å²) in [6.07, 6.45) is -6.09. The van der Waals surface area contributed by atoms with Gasteiger partial charge in [-0.05, 0) is 12.1 Å². The zero-order valence-corrected chi connectivity index (χ0v) is 12.2. The number of hydrogen-bond donors (Lipinski definition) is 4. The first-order valence-electron chi connectivity index (χ1n) is 6.73. The third-order valence-corrected chi connectivity index (χ3v) is 4.20. The zero-order chi connectivity index (χ0) is 15.2. The summed E-state index contributed by atoms with van der Waals surface area (Å²) in [7, 11) is 0. The molecule has 1 heterocycles. The summed E-state index contributed by atoms with van der Waals surface area (Å²) in [5, 5.41) is 38.1. The molecule has 0 aromatic heterocycles. The van der Waals surface area contributed by atoms with Crippen LogP contribution in [0.1, 0.15) is 0 Å². The highest BCUT2D eigenvalue weighted by atomic mass is 32.2. The van der Waals surface area contributed by atoms with Crippen LogP contribution in [0.25, 0.3) is 0 Å². The number of benzene rings is 1. The third kappa shape index (κ3) is 4.40. The first-order valence-corrected chi connectivity index (χ1v) is 7.72. The highest BCUT2D eigenvalue weighted by molar-refractivity contribution is 7.99. The Hall–Kier alpha value is -0.670. The average molecular weight is 316 g/mol. The van der Waals surface area contributed by atoms with Gasteiger partial charge >= 0.3 is 0 Å². The van der Waals surface area contributed by atoms with Crippen molar-refractivity contribution in [1.82, 2.24) is 0 Å². The quantitative estimate of drug-likeness (QED) is 0.418. The maximum Gasteiger partial charge on any atom is 0.186 e. The van der Waals surface area contributed by atoms with Crippen LogP contribution in [0.15, 0.2) is 35.2 Å². The van der Waals surface area contributed by atoms with Gasteiger partial charge in [0.2, 0.25) is 0 Å². The highest BCUT2D eigenvalue weighted by Gasteiger charge is 2.43. The fourth-order valence-electron chi connectivity index (χ4n) is 2.05. The molecule has 0 bridgehead atoms. The van der Waals surface area contributed by atoms with Gasteiger partial charge in [-0.15, -0.1) is 11.8 Å². The zero-order valence-electron chi connectivity index (χ0n) is 11.4. The molecule has 0 amide bonds. The lowest BCUT2D eigenvalue weighted by molar-refractivity contribution is -0.299. The summed E-state index contributed by atoms with van der Waals surface area (Å²) in [6.45, 7) is -0.147. The van der Waals surface area contributed by atoms with Crippen molar-refractivity contribution in [3.8, 4) is 0 Å². The van der Waals surface area contributed by atoms with Gasteiger partial charge in [0.05, 0.1) is 13.2 Å². The highest BCUT2D eigenvalue weighted by Crippen LogP contribution is 2.23. The Balaban J connectivity index is 1.77. The summed E-state index contributed by atoms with van der Waals surface area (Å²) in [5.74, 6) is 0.652. The van der Waals surface area contributed by atoms with Gasteiger partial charge in [0.15, 0.2) is 6.29 Å². The second-order valence-corrected chi connectivity index (χ2v) is 5.90. The Morgan fingerprint density at radius 2 is 1.76 bits per heavy atom. The van der Waals surface area contributed by atoms with Crippen molar-refractivity contribution in [2.24, 2.45) is 0 Å². The van der Waals surface area contributed by atoms with E-state index in [4.69, 9.17) is 14.6 Å². The Morgan fingerprint density at radius 1 is 1.05 bits per heavy atom. The second kappa shape index (κ2) is 8.09. The van der Waals surface area contributed by atoms with E-state index in [1.165, 1.54) is 0 Å². The fourth-order valence-corrected chi connectivity index (χ4v) is 2.81. The van der Waals surface area contributed by atoms with E-state index in [0.717, 1.165) is 4.90 Å². The van der Waals surface area contributed by atoms with Crippen molar-refractivity contribution in [3.63, 3.8) is 0 Å². The van der Waals surface area contributed by atoms with E-state index in [1.54, 1.807) is 11.8 Å². The van der Waals surface area contributed by atoms with Gasteiger partial charge < -0.3 is 29.9 Å². The lowest BCUT2D eigenvalue weighted by Crippen LogP contribution is -2.59. The van der Waals surface area contributed by atoms with Crippen molar-refractivity contribution >= 4 is 11.8 Å². The molecule has 0 spiro atoms. The molecule has 0 aliphatic carbocycles. The summed E-state index contributed by atoms with van der Waals surface area (Å²) >= 11 is 1.59. The summed E-state index contributed by atoms with van der Waals surface area (Å²) in [6, 6.07) is 9.80. The van der Waals surface area contributed by atoms with Gasteiger partial charge in [0, 0.05) is 10.6 Å². The maximum absolute atomic E-state index is 9.79. The van der Waals surface area contributed by atoms with E-state index >= 15 is 0 Å². The molecule has 1 fully saturated rings. The Bertz CT molecular complexity index is 415. The molecule has 0 unspecified atom stereocenters. The summed E-state index contributed by atoms with van der Waals surface area (Å²) in [5.41, 5.74) is 0. The molecule has 2 rings (SSSR count). The van der Waals surface area contributed by atoms with Gasteiger partial charge in [-0.25, -0.2) is 0 Å². The number of thioether (sulfide) groups is 1. The fraction of sp³-hybridized carbons (Fsp3) is 0.571. The first-order chi connectivity index (χ1) is 10.1. The van der Waals surface area contributed by atoms with Crippen LogP contribution >= 0.6 is 11.8 Å². The van der Waals surface area contributed by atoms with Crippen LogP contribution in [0.5, 0.6) is 0 Å². The minimum absolute atomic E-state index is 0.308. The number of aliphatic hydroxyl groups is 4. The normalized spacial score (nSPS) is 33.0. The topological polar surface area (TPSA) is 99.4 Å². The van der Waals surface area contributed by atoms with Crippen LogP contribution in [0.2, 0.25) is 0 Å². The predicted molar refractivity (Wildman–Crippen MR) is 76.9 cm³/mol. The summed E-state index contributed by atoms with van der Waals surface area (Å²) < 4.78 is 10.6. The number of rotatable bonds is 6. The van der Waals surface area contributed by atoms with E-state index < -0.39 is 37.3 Å². The Morgan fingerprint density at radius 3 is 2.43 bits per heavy atom.